The van der Waals surface area contributed by atoms with Crippen molar-refractivity contribution in [3.8, 4) is 0 Å². The molecule has 3 nitrogen and oxygen atoms in total. The lowest BCUT2D eigenvalue weighted by molar-refractivity contribution is -0.128. The van der Waals surface area contributed by atoms with Gasteiger partial charge in [-0.15, -0.1) is 0 Å². The summed E-state index contributed by atoms with van der Waals surface area (Å²) >= 11 is 0. The highest BCUT2D eigenvalue weighted by molar-refractivity contribution is 5.32. The largest absolute Gasteiger partial charge is 0.388 e. The van der Waals surface area contributed by atoms with Gasteiger partial charge in [0.25, 0.3) is 0 Å². The fraction of sp³-hybridized carbons (Fsp3) is 0.700. The number of hydrogen-bond acceptors (Lipinski definition) is 3. The Morgan fingerprint density at radius 2 is 1.74 bits per heavy atom. The Labute approximate surface area is 137 Å². The fourth-order valence-electron chi connectivity index (χ4n) is 8.16. The zero-order valence-electron chi connectivity index (χ0n) is 13.3. The molecule has 0 heterocycles. The molecule has 5 saturated carbocycles. The third kappa shape index (κ3) is 1.40. The molecule has 122 valence electrons. The first-order chi connectivity index (χ1) is 11.2. The number of fused-ring (bicyclic) bond motifs is 2. The Balaban J connectivity index is 1.17. The summed E-state index contributed by atoms with van der Waals surface area (Å²) in [5.41, 5.74) is 0.465. The summed E-state index contributed by atoms with van der Waals surface area (Å²) in [4.78, 5) is 0. The molecule has 6 rings (SSSR count). The van der Waals surface area contributed by atoms with Crippen molar-refractivity contribution < 1.29 is 10.2 Å². The van der Waals surface area contributed by atoms with Crippen molar-refractivity contribution in [3.63, 3.8) is 0 Å². The Kier molecular flexibility index (Phi) is 2.44. The molecule has 10 atom stereocenters. The molecule has 0 saturated heterocycles. The second-order valence-corrected chi connectivity index (χ2v) is 8.88. The highest BCUT2D eigenvalue weighted by Gasteiger charge is 2.84. The molecule has 5 fully saturated rings. The van der Waals surface area contributed by atoms with Crippen LogP contribution < -0.4 is 5.32 Å². The van der Waals surface area contributed by atoms with Crippen LogP contribution in [0.15, 0.2) is 30.3 Å². The summed E-state index contributed by atoms with van der Waals surface area (Å²) in [7, 11) is 0. The van der Waals surface area contributed by atoms with Gasteiger partial charge in [-0.2, -0.15) is 0 Å². The first-order valence-corrected chi connectivity index (χ1v) is 9.36. The van der Waals surface area contributed by atoms with Gasteiger partial charge in [0.05, 0.1) is 11.7 Å². The van der Waals surface area contributed by atoms with Crippen LogP contribution >= 0.6 is 0 Å². The van der Waals surface area contributed by atoms with Crippen LogP contribution in [0.25, 0.3) is 0 Å². The first-order valence-electron chi connectivity index (χ1n) is 9.36. The lowest BCUT2D eigenvalue weighted by Crippen LogP contribution is -2.58. The van der Waals surface area contributed by atoms with E-state index in [1.807, 2.05) is 30.3 Å². The molecule has 0 amide bonds. The summed E-state index contributed by atoms with van der Waals surface area (Å²) in [5, 5.41) is 25.2. The third-order valence-electron chi connectivity index (χ3n) is 8.45. The molecule has 0 spiro atoms. The van der Waals surface area contributed by atoms with E-state index in [1.165, 1.54) is 12.8 Å². The maximum absolute atomic E-state index is 11.5. The summed E-state index contributed by atoms with van der Waals surface area (Å²) in [6.07, 6.45) is 2.33. The minimum absolute atomic E-state index is 0.485. The van der Waals surface area contributed by atoms with E-state index in [0.29, 0.717) is 24.9 Å². The van der Waals surface area contributed by atoms with Crippen LogP contribution in [0.1, 0.15) is 24.5 Å². The topological polar surface area (TPSA) is 52.5 Å². The number of rotatable bonds is 5. The van der Waals surface area contributed by atoms with Gasteiger partial charge in [-0.1, -0.05) is 30.3 Å². The number of benzene rings is 1. The molecule has 0 radical (unpaired) electrons. The molecule has 3 N–H and O–H groups in total. The van der Waals surface area contributed by atoms with E-state index in [-0.39, 0.29) is 0 Å². The molecule has 2 bridgehead atoms. The maximum Gasteiger partial charge on any atom is 0.0914 e. The number of hydrogen-bond donors (Lipinski definition) is 3. The van der Waals surface area contributed by atoms with Crippen LogP contribution in [0.2, 0.25) is 0 Å². The predicted molar refractivity (Wildman–Crippen MR) is 86.4 cm³/mol. The van der Waals surface area contributed by atoms with Crippen LogP contribution in [0, 0.1) is 47.3 Å². The molecule has 3 heteroatoms. The third-order valence-corrected chi connectivity index (χ3v) is 8.45. The van der Waals surface area contributed by atoms with Gasteiger partial charge in [0, 0.05) is 13.1 Å². The lowest BCUT2D eigenvalue weighted by Gasteiger charge is -2.51. The minimum atomic E-state index is -0.488. The molecular weight excluding hydrogens is 286 g/mol. The van der Waals surface area contributed by atoms with Crippen molar-refractivity contribution in [2.24, 2.45) is 47.3 Å². The Bertz CT molecular complexity index is 642. The summed E-state index contributed by atoms with van der Waals surface area (Å²) in [5.74, 6) is 6.37. The van der Waals surface area contributed by atoms with E-state index in [9.17, 15) is 10.2 Å². The molecule has 9 unspecified atom stereocenters. The van der Waals surface area contributed by atoms with Crippen LogP contribution in [-0.2, 0) is 0 Å². The predicted octanol–water partition coefficient (Wildman–Crippen LogP) is 1.82. The highest BCUT2D eigenvalue weighted by atomic mass is 16.3. The molecule has 5 aliphatic carbocycles. The first kappa shape index (κ1) is 13.4. The van der Waals surface area contributed by atoms with Gasteiger partial charge in [-0.3, -0.25) is 0 Å². The van der Waals surface area contributed by atoms with Gasteiger partial charge in [0.15, 0.2) is 0 Å². The van der Waals surface area contributed by atoms with Gasteiger partial charge < -0.3 is 15.5 Å². The van der Waals surface area contributed by atoms with E-state index in [2.05, 4.69) is 5.32 Å². The van der Waals surface area contributed by atoms with Gasteiger partial charge in [0.2, 0.25) is 0 Å². The van der Waals surface area contributed by atoms with Crippen molar-refractivity contribution in [1.29, 1.82) is 0 Å². The van der Waals surface area contributed by atoms with Crippen LogP contribution in [0.4, 0.5) is 0 Å². The molecule has 0 aliphatic heterocycles. The monoisotopic (exact) mass is 311 g/mol. The van der Waals surface area contributed by atoms with Gasteiger partial charge in [-0.05, 0) is 65.7 Å². The van der Waals surface area contributed by atoms with E-state index in [4.69, 9.17) is 0 Å². The average molecular weight is 311 g/mol. The summed E-state index contributed by atoms with van der Waals surface area (Å²) in [6, 6.07) is 9.81. The van der Waals surface area contributed by atoms with Crippen molar-refractivity contribution in [2.75, 3.05) is 13.1 Å². The van der Waals surface area contributed by atoms with Crippen molar-refractivity contribution in [3.05, 3.63) is 35.9 Å². The maximum atomic E-state index is 11.5. The van der Waals surface area contributed by atoms with E-state index in [1.54, 1.807) is 0 Å². The summed E-state index contributed by atoms with van der Waals surface area (Å²) < 4.78 is 0. The Morgan fingerprint density at radius 3 is 2.57 bits per heavy atom. The summed E-state index contributed by atoms with van der Waals surface area (Å²) in [6.45, 7) is 1.20. The number of nitrogens with one attached hydrogen (secondary N) is 1. The second-order valence-electron chi connectivity index (χ2n) is 8.88. The van der Waals surface area contributed by atoms with Gasteiger partial charge in [0.1, 0.15) is 0 Å². The normalized spacial score (nSPS) is 54.7. The van der Waals surface area contributed by atoms with Crippen molar-refractivity contribution in [1.82, 2.24) is 5.32 Å². The number of aliphatic hydroxyl groups is 2. The smallest absolute Gasteiger partial charge is 0.0914 e. The lowest BCUT2D eigenvalue weighted by atomic mass is 9.56. The molecule has 1 aromatic carbocycles. The van der Waals surface area contributed by atoms with Crippen LogP contribution in [0.5, 0.6) is 0 Å². The Morgan fingerprint density at radius 1 is 1.00 bits per heavy atom. The van der Waals surface area contributed by atoms with E-state index in [0.717, 1.165) is 41.1 Å². The van der Waals surface area contributed by atoms with Crippen LogP contribution in [0.3, 0.4) is 0 Å². The average Bonchev–Trinajstić information content (AvgIpc) is 3.07. The molecule has 0 aromatic heterocycles. The minimum Gasteiger partial charge on any atom is -0.388 e. The van der Waals surface area contributed by atoms with Gasteiger partial charge in [-0.25, -0.2) is 0 Å². The quantitative estimate of drug-likeness (QED) is 0.777. The SMILES string of the molecule is O[C@@H](CNCC1(O)C2C3CC4C5C3CC2C5C41)c1ccccc1. The van der Waals surface area contributed by atoms with Gasteiger partial charge >= 0.3 is 0 Å². The van der Waals surface area contributed by atoms with E-state index < -0.39 is 11.7 Å². The molecule has 5 aliphatic rings. The standard InChI is InChI=1S/C20H25NO2/c22-15(10-4-2-1-3-5-10)8-21-9-20(23)18-12-7-13-16-11(12)6-14(18)17(16)19(13)20/h1-5,11-19,21-23H,6-9H2/t11?,12?,13?,14?,15-,16?,17?,18?,19?,20?/m0/s1. The Hall–Kier alpha value is -0.900. The zero-order chi connectivity index (χ0) is 15.3. The van der Waals surface area contributed by atoms with Crippen molar-refractivity contribution >= 4 is 0 Å². The second kappa shape index (κ2) is 4.19. The fourth-order valence-corrected chi connectivity index (χ4v) is 8.16. The molecule has 1 aromatic rings. The molecular formula is C20H25NO2. The van der Waals surface area contributed by atoms with Crippen molar-refractivity contribution in [2.45, 2.75) is 24.5 Å². The zero-order valence-corrected chi connectivity index (χ0v) is 13.3. The number of aliphatic hydroxyl groups excluding tert-OH is 1. The van der Waals surface area contributed by atoms with E-state index >= 15 is 0 Å². The molecule has 23 heavy (non-hydrogen) atoms. The van der Waals surface area contributed by atoms with Crippen LogP contribution in [-0.4, -0.2) is 28.9 Å². The highest BCUT2D eigenvalue weighted by Crippen LogP contribution is 2.85.